The SMILES string of the molecule is Cc1cc2c(N3CCC(CNS(=O)(=O)NC(=O)OC(C)(C)C)CC3)ncnc2[nH]1. The fourth-order valence-electron chi connectivity index (χ4n) is 3.33. The topological polar surface area (TPSA) is 129 Å². The zero-order chi connectivity index (χ0) is 21.2. The van der Waals surface area contributed by atoms with Crippen molar-refractivity contribution in [1.29, 1.82) is 0 Å². The number of fused-ring (bicyclic) bond motifs is 1. The van der Waals surface area contributed by atoms with E-state index >= 15 is 0 Å². The van der Waals surface area contributed by atoms with Gasteiger partial charge in [-0.3, -0.25) is 0 Å². The minimum atomic E-state index is -3.96. The van der Waals surface area contributed by atoms with Gasteiger partial charge in [-0.1, -0.05) is 0 Å². The highest BCUT2D eigenvalue weighted by atomic mass is 32.2. The van der Waals surface area contributed by atoms with Crippen LogP contribution in [-0.4, -0.2) is 54.7 Å². The van der Waals surface area contributed by atoms with Gasteiger partial charge in [0.1, 0.15) is 23.4 Å². The van der Waals surface area contributed by atoms with Crippen LogP contribution in [0.2, 0.25) is 0 Å². The molecule has 3 rings (SSSR count). The smallest absolute Gasteiger partial charge is 0.422 e. The number of aromatic amines is 1. The van der Waals surface area contributed by atoms with Crippen molar-refractivity contribution in [2.24, 2.45) is 5.92 Å². The maximum Gasteiger partial charge on any atom is 0.422 e. The zero-order valence-corrected chi connectivity index (χ0v) is 18.0. The van der Waals surface area contributed by atoms with Crippen LogP contribution < -0.4 is 14.3 Å². The Morgan fingerprint density at radius 1 is 1.31 bits per heavy atom. The molecule has 3 N–H and O–H groups in total. The summed E-state index contributed by atoms with van der Waals surface area (Å²) in [5.41, 5.74) is 1.08. The molecule has 0 unspecified atom stereocenters. The summed E-state index contributed by atoms with van der Waals surface area (Å²) in [4.78, 5) is 25.8. The maximum atomic E-state index is 12.1. The number of ether oxygens (including phenoxy) is 1. The Morgan fingerprint density at radius 3 is 2.66 bits per heavy atom. The molecule has 2 aromatic rings. The van der Waals surface area contributed by atoms with Gasteiger partial charge in [0.2, 0.25) is 0 Å². The van der Waals surface area contributed by atoms with Gasteiger partial charge in [0.25, 0.3) is 0 Å². The largest absolute Gasteiger partial charge is 0.443 e. The van der Waals surface area contributed by atoms with Crippen molar-refractivity contribution < 1.29 is 17.9 Å². The minimum absolute atomic E-state index is 0.173. The number of rotatable bonds is 5. The molecule has 160 valence electrons. The number of nitrogens with one attached hydrogen (secondary N) is 3. The summed E-state index contributed by atoms with van der Waals surface area (Å²) in [6.07, 6.45) is 2.18. The van der Waals surface area contributed by atoms with Gasteiger partial charge >= 0.3 is 16.3 Å². The lowest BCUT2D eigenvalue weighted by Crippen LogP contribution is -2.45. The lowest BCUT2D eigenvalue weighted by Gasteiger charge is -2.33. The van der Waals surface area contributed by atoms with Gasteiger partial charge in [0.15, 0.2) is 0 Å². The first-order valence-corrected chi connectivity index (χ1v) is 11.1. The van der Waals surface area contributed by atoms with E-state index in [1.165, 1.54) is 0 Å². The Balaban J connectivity index is 1.51. The number of nitrogens with zero attached hydrogens (tertiary/aromatic N) is 3. The third-order valence-corrected chi connectivity index (χ3v) is 5.61. The van der Waals surface area contributed by atoms with Crippen molar-refractivity contribution in [1.82, 2.24) is 24.4 Å². The van der Waals surface area contributed by atoms with Crippen molar-refractivity contribution in [3.05, 3.63) is 18.1 Å². The predicted molar refractivity (Wildman–Crippen MR) is 110 cm³/mol. The first-order valence-electron chi connectivity index (χ1n) is 9.58. The zero-order valence-electron chi connectivity index (χ0n) is 17.2. The molecule has 0 spiro atoms. The second kappa shape index (κ2) is 8.15. The van der Waals surface area contributed by atoms with E-state index in [1.807, 2.05) is 17.7 Å². The fraction of sp³-hybridized carbons (Fsp3) is 0.611. The predicted octanol–water partition coefficient (Wildman–Crippen LogP) is 1.84. The van der Waals surface area contributed by atoms with E-state index in [4.69, 9.17) is 4.74 Å². The molecular formula is C18H28N6O4S. The summed E-state index contributed by atoms with van der Waals surface area (Å²) in [7, 11) is -3.96. The van der Waals surface area contributed by atoms with Crippen LogP contribution in [0.15, 0.2) is 12.4 Å². The van der Waals surface area contributed by atoms with E-state index in [1.54, 1.807) is 27.1 Å². The van der Waals surface area contributed by atoms with E-state index in [9.17, 15) is 13.2 Å². The van der Waals surface area contributed by atoms with Crippen molar-refractivity contribution in [3.63, 3.8) is 0 Å². The Hall–Kier alpha value is -2.40. The highest BCUT2D eigenvalue weighted by molar-refractivity contribution is 7.88. The van der Waals surface area contributed by atoms with Gasteiger partial charge < -0.3 is 14.6 Å². The standard InChI is InChI=1S/C18H28N6O4S/c1-12-9-14-15(22-12)19-11-20-16(14)24-7-5-13(6-8-24)10-21-29(26,27)23-17(25)28-18(2,3)4/h9,11,13,21H,5-8,10H2,1-4H3,(H,23,25)(H,19,20,22). The third-order valence-electron chi connectivity index (χ3n) is 4.63. The molecule has 0 bridgehead atoms. The van der Waals surface area contributed by atoms with Crippen molar-refractivity contribution in [2.45, 2.75) is 46.1 Å². The Bertz CT molecular complexity index is 974. The van der Waals surface area contributed by atoms with Crippen LogP contribution >= 0.6 is 0 Å². The van der Waals surface area contributed by atoms with E-state index in [0.717, 1.165) is 48.5 Å². The molecule has 0 atom stereocenters. The number of aryl methyl sites for hydroxylation is 1. The second-order valence-corrected chi connectivity index (χ2v) is 9.80. The van der Waals surface area contributed by atoms with E-state index in [0.29, 0.717) is 0 Å². The summed E-state index contributed by atoms with van der Waals surface area (Å²) in [6.45, 7) is 8.77. The van der Waals surface area contributed by atoms with E-state index in [-0.39, 0.29) is 12.5 Å². The number of amides is 1. The Labute approximate surface area is 170 Å². The number of carbonyl (C=O) groups excluding carboxylic acids is 1. The number of carbonyl (C=O) groups is 1. The molecule has 1 aliphatic rings. The molecule has 10 nitrogen and oxygen atoms in total. The van der Waals surface area contributed by atoms with Gasteiger partial charge in [-0.05, 0) is 52.5 Å². The normalized spacial score (nSPS) is 16.2. The van der Waals surface area contributed by atoms with Gasteiger partial charge in [0.05, 0.1) is 5.39 Å². The lowest BCUT2D eigenvalue weighted by molar-refractivity contribution is 0.0569. The number of H-pyrrole nitrogens is 1. The molecule has 0 radical (unpaired) electrons. The molecule has 0 saturated carbocycles. The molecule has 1 aliphatic heterocycles. The average molecular weight is 425 g/mol. The molecule has 1 amide bonds. The maximum absolute atomic E-state index is 12.1. The number of hydrogen-bond acceptors (Lipinski definition) is 7. The lowest BCUT2D eigenvalue weighted by atomic mass is 9.97. The number of piperidine rings is 1. The van der Waals surface area contributed by atoms with Crippen LogP contribution in [0.1, 0.15) is 39.3 Å². The molecular weight excluding hydrogens is 396 g/mol. The highest BCUT2D eigenvalue weighted by Crippen LogP contribution is 2.27. The van der Waals surface area contributed by atoms with Crippen molar-refractivity contribution >= 4 is 33.2 Å². The van der Waals surface area contributed by atoms with E-state index < -0.39 is 21.9 Å². The fourth-order valence-corrected chi connectivity index (χ4v) is 4.12. The van der Waals surface area contributed by atoms with Crippen LogP contribution in [0.5, 0.6) is 0 Å². The van der Waals surface area contributed by atoms with Crippen LogP contribution in [0, 0.1) is 12.8 Å². The van der Waals surface area contributed by atoms with Crippen LogP contribution in [0.25, 0.3) is 11.0 Å². The molecule has 29 heavy (non-hydrogen) atoms. The quantitative estimate of drug-likeness (QED) is 0.668. The van der Waals surface area contributed by atoms with Gasteiger partial charge in [-0.2, -0.15) is 13.1 Å². The number of anilines is 1. The van der Waals surface area contributed by atoms with Gasteiger partial charge in [-0.25, -0.2) is 19.5 Å². The first kappa shape index (κ1) is 21.3. The summed E-state index contributed by atoms with van der Waals surface area (Å²) in [6, 6.07) is 2.03. The summed E-state index contributed by atoms with van der Waals surface area (Å²) < 4.78 is 33.4. The van der Waals surface area contributed by atoms with Crippen molar-refractivity contribution in [3.8, 4) is 0 Å². The Morgan fingerprint density at radius 2 is 2.00 bits per heavy atom. The van der Waals surface area contributed by atoms with Crippen molar-refractivity contribution in [2.75, 3.05) is 24.5 Å². The Kier molecular flexibility index (Phi) is 5.99. The summed E-state index contributed by atoms with van der Waals surface area (Å²) >= 11 is 0. The minimum Gasteiger partial charge on any atom is -0.443 e. The summed E-state index contributed by atoms with van der Waals surface area (Å²) in [5, 5.41) is 0.991. The van der Waals surface area contributed by atoms with Crippen LogP contribution in [-0.2, 0) is 14.9 Å². The first-order chi connectivity index (χ1) is 13.5. The molecule has 0 aliphatic carbocycles. The molecule has 11 heteroatoms. The van der Waals surface area contributed by atoms with Gasteiger partial charge in [-0.15, -0.1) is 0 Å². The summed E-state index contributed by atoms with van der Waals surface area (Å²) in [5.74, 6) is 1.07. The van der Waals surface area contributed by atoms with Crippen LogP contribution in [0.3, 0.4) is 0 Å². The molecule has 0 aromatic carbocycles. The molecule has 3 heterocycles. The van der Waals surface area contributed by atoms with E-state index in [2.05, 4.69) is 24.6 Å². The molecule has 2 aromatic heterocycles. The van der Waals surface area contributed by atoms with Gasteiger partial charge in [0, 0.05) is 25.3 Å². The monoisotopic (exact) mass is 424 g/mol. The third kappa shape index (κ3) is 5.80. The highest BCUT2D eigenvalue weighted by Gasteiger charge is 2.25. The average Bonchev–Trinajstić information content (AvgIpc) is 2.98. The number of hydrogen-bond donors (Lipinski definition) is 3. The van der Waals surface area contributed by atoms with Crippen LogP contribution in [0.4, 0.5) is 10.6 Å². The number of aromatic nitrogens is 3. The molecule has 1 fully saturated rings. The second-order valence-electron chi connectivity index (χ2n) is 8.30. The molecule has 1 saturated heterocycles.